The van der Waals surface area contributed by atoms with E-state index in [0.717, 1.165) is 6.07 Å². The van der Waals surface area contributed by atoms with Crippen LogP contribution in [0.5, 0.6) is 0 Å². The average molecular weight is 243 g/mol. The molecular formula is C13H16F3N. The Bertz CT molecular complexity index is 443. The Morgan fingerprint density at radius 3 is 2.18 bits per heavy atom. The van der Waals surface area contributed by atoms with Crippen LogP contribution in [0.15, 0.2) is 12.1 Å². The van der Waals surface area contributed by atoms with E-state index in [1.807, 2.05) is 0 Å². The standard InChI is InChI=1S/C13H16F3N/c1-13(2)8(9(13)6-17)3-7-4-11(15)12(16)5-10(7)14/h4-5,8-9H,3,6,17H2,1-2H3. The van der Waals surface area contributed by atoms with Gasteiger partial charge in [0.2, 0.25) is 0 Å². The van der Waals surface area contributed by atoms with Crippen molar-refractivity contribution >= 4 is 0 Å². The molecule has 1 saturated carbocycles. The lowest BCUT2D eigenvalue weighted by Gasteiger charge is -2.05. The molecule has 0 saturated heterocycles. The minimum Gasteiger partial charge on any atom is -0.330 e. The Morgan fingerprint density at radius 1 is 1.06 bits per heavy atom. The molecule has 0 heterocycles. The van der Waals surface area contributed by atoms with Crippen molar-refractivity contribution in [2.45, 2.75) is 20.3 Å². The van der Waals surface area contributed by atoms with Crippen molar-refractivity contribution in [3.8, 4) is 0 Å². The molecule has 0 amide bonds. The van der Waals surface area contributed by atoms with Gasteiger partial charge in [-0.1, -0.05) is 13.8 Å². The van der Waals surface area contributed by atoms with E-state index in [2.05, 4.69) is 13.8 Å². The van der Waals surface area contributed by atoms with Crippen molar-refractivity contribution in [1.29, 1.82) is 0 Å². The lowest BCUT2D eigenvalue weighted by molar-refractivity contribution is 0.483. The van der Waals surface area contributed by atoms with Crippen molar-refractivity contribution in [2.24, 2.45) is 23.0 Å². The van der Waals surface area contributed by atoms with Gasteiger partial charge in [0.15, 0.2) is 11.6 Å². The molecule has 2 rings (SSSR count). The zero-order valence-corrected chi connectivity index (χ0v) is 9.93. The van der Waals surface area contributed by atoms with Crippen LogP contribution in [0.4, 0.5) is 13.2 Å². The highest BCUT2D eigenvalue weighted by atomic mass is 19.2. The Balaban J connectivity index is 2.18. The van der Waals surface area contributed by atoms with Gasteiger partial charge in [0.05, 0.1) is 0 Å². The monoisotopic (exact) mass is 243 g/mol. The molecule has 1 aromatic rings. The summed E-state index contributed by atoms with van der Waals surface area (Å²) in [4.78, 5) is 0. The van der Waals surface area contributed by atoms with Crippen LogP contribution in [-0.2, 0) is 6.42 Å². The maximum absolute atomic E-state index is 13.5. The van der Waals surface area contributed by atoms with E-state index < -0.39 is 17.5 Å². The molecule has 2 N–H and O–H groups in total. The van der Waals surface area contributed by atoms with Crippen LogP contribution in [0.2, 0.25) is 0 Å². The maximum Gasteiger partial charge on any atom is 0.161 e. The second-order valence-electron chi connectivity index (χ2n) is 5.33. The summed E-state index contributed by atoms with van der Waals surface area (Å²) < 4.78 is 39.3. The van der Waals surface area contributed by atoms with Gasteiger partial charge < -0.3 is 5.73 Å². The molecule has 0 bridgehead atoms. The summed E-state index contributed by atoms with van der Waals surface area (Å²) in [5.41, 5.74) is 5.91. The minimum absolute atomic E-state index is 0.0616. The minimum atomic E-state index is -1.14. The molecule has 4 heteroatoms. The summed E-state index contributed by atoms with van der Waals surface area (Å²) in [5, 5.41) is 0. The summed E-state index contributed by atoms with van der Waals surface area (Å²) in [6, 6.07) is 1.56. The molecule has 1 fully saturated rings. The van der Waals surface area contributed by atoms with Crippen LogP contribution in [0.25, 0.3) is 0 Å². The van der Waals surface area contributed by atoms with Gasteiger partial charge in [-0.3, -0.25) is 0 Å². The Labute approximate surface area is 98.8 Å². The van der Waals surface area contributed by atoms with E-state index in [4.69, 9.17) is 5.73 Å². The number of benzene rings is 1. The van der Waals surface area contributed by atoms with Crippen LogP contribution < -0.4 is 5.73 Å². The van der Waals surface area contributed by atoms with Crippen molar-refractivity contribution in [3.63, 3.8) is 0 Å². The summed E-state index contributed by atoms with van der Waals surface area (Å²) in [7, 11) is 0. The molecule has 1 nitrogen and oxygen atoms in total. The topological polar surface area (TPSA) is 26.0 Å². The molecule has 1 aliphatic rings. The number of nitrogens with two attached hydrogens (primary N) is 1. The second-order valence-corrected chi connectivity index (χ2v) is 5.33. The molecule has 0 aliphatic heterocycles. The molecule has 0 spiro atoms. The first-order valence-corrected chi connectivity index (χ1v) is 5.71. The first-order valence-electron chi connectivity index (χ1n) is 5.71. The SMILES string of the molecule is CC1(C)C(CN)C1Cc1cc(F)c(F)cc1F. The third-order valence-electron chi connectivity index (χ3n) is 4.07. The number of halogens is 3. The lowest BCUT2D eigenvalue weighted by atomic mass is 10.0. The van der Waals surface area contributed by atoms with Gasteiger partial charge in [-0.05, 0) is 41.8 Å². The Hall–Kier alpha value is -1.03. The zero-order valence-electron chi connectivity index (χ0n) is 9.93. The van der Waals surface area contributed by atoms with E-state index in [9.17, 15) is 13.2 Å². The van der Waals surface area contributed by atoms with Crippen LogP contribution in [0.1, 0.15) is 19.4 Å². The van der Waals surface area contributed by atoms with E-state index in [1.165, 1.54) is 0 Å². The van der Waals surface area contributed by atoms with Crippen molar-refractivity contribution in [1.82, 2.24) is 0 Å². The van der Waals surface area contributed by atoms with Gasteiger partial charge in [0.25, 0.3) is 0 Å². The third kappa shape index (κ3) is 2.06. The fourth-order valence-corrected chi connectivity index (χ4v) is 2.69. The predicted molar refractivity (Wildman–Crippen MR) is 59.8 cm³/mol. The van der Waals surface area contributed by atoms with Crippen LogP contribution >= 0.6 is 0 Å². The van der Waals surface area contributed by atoms with Gasteiger partial charge in [0, 0.05) is 6.07 Å². The molecule has 2 atom stereocenters. The van der Waals surface area contributed by atoms with Crippen LogP contribution in [0.3, 0.4) is 0 Å². The smallest absolute Gasteiger partial charge is 0.161 e. The molecule has 1 aromatic carbocycles. The van der Waals surface area contributed by atoms with Crippen LogP contribution in [0, 0.1) is 34.7 Å². The summed E-state index contributed by atoms with van der Waals surface area (Å²) in [5.74, 6) is -2.25. The first-order chi connectivity index (χ1) is 7.87. The van der Waals surface area contributed by atoms with E-state index in [0.29, 0.717) is 24.9 Å². The summed E-state index contributed by atoms with van der Waals surface area (Å²) in [6.07, 6.45) is 0.415. The maximum atomic E-state index is 13.5. The predicted octanol–water partition coefficient (Wildman–Crippen LogP) is 2.88. The zero-order chi connectivity index (χ0) is 12.8. The quantitative estimate of drug-likeness (QED) is 0.812. The highest BCUT2D eigenvalue weighted by Gasteiger charge is 2.56. The summed E-state index contributed by atoms with van der Waals surface area (Å²) >= 11 is 0. The van der Waals surface area contributed by atoms with Crippen LogP contribution in [-0.4, -0.2) is 6.54 Å². The molecule has 0 aromatic heterocycles. The molecular weight excluding hydrogens is 227 g/mol. The molecule has 2 unspecified atom stereocenters. The Morgan fingerprint density at radius 2 is 1.65 bits per heavy atom. The van der Waals surface area contributed by atoms with Gasteiger partial charge in [-0.2, -0.15) is 0 Å². The van der Waals surface area contributed by atoms with Crippen molar-refractivity contribution < 1.29 is 13.2 Å². The van der Waals surface area contributed by atoms with E-state index >= 15 is 0 Å². The van der Waals surface area contributed by atoms with E-state index in [-0.39, 0.29) is 16.9 Å². The van der Waals surface area contributed by atoms with Gasteiger partial charge >= 0.3 is 0 Å². The van der Waals surface area contributed by atoms with Gasteiger partial charge in [0.1, 0.15) is 5.82 Å². The number of hydrogen-bond donors (Lipinski definition) is 1. The highest BCUT2D eigenvalue weighted by molar-refractivity contribution is 5.23. The lowest BCUT2D eigenvalue weighted by Crippen LogP contribution is -2.05. The largest absolute Gasteiger partial charge is 0.330 e. The summed E-state index contributed by atoms with van der Waals surface area (Å²) in [6.45, 7) is 4.67. The fourth-order valence-electron chi connectivity index (χ4n) is 2.69. The highest BCUT2D eigenvalue weighted by Crippen LogP contribution is 2.59. The number of rotatable bonds is 3. The fraction of sp³-hybridized carbons (Fsp3) is 0.538. The van der Waals surface area contributed by atoms with Crippen molar-refractivity contribution in [2.75, 3.05) is 6.54 Å². The Kier molecular flexibility index (Phi) is 2.94. The van der Waals surface area contributed by atoms with Gasteiger partial charge in [-0.15, -0.1) is 0 Å². The third-order valence-corrected chi connectivity index (χ3v) is 4.07. The second kappa shape index (κ2) is 4.02. The molecule has 94 valence electrons. The average Bonchev–Trinajstić information content (AvgIpc) is 2.76. The first kappa shape index (κ1) is 12.4. The normalized spacial score (nSPS) is 26.0. The number of hydrogen-bond acceptors (Lipinski definition) is 1. The van der Waals surface area contributed by atoms with E-state index in [1.54, 1.807) is 0 Å². The molecule has 1 aliphatic carbocycles. The molecule has 17 heavy (non-hydrogen) atoms. The van der Waals surface area contributed by atoms with Gasteiger partial charge in [-0.25, -0.2) is 13.2 Å². The molecule has 0 radical (unpaired) electrons. The van der Waals surface area contributed by atoms with Crippen molar-refractivity contribution in [3.05, 3.63) is 35.1 Å².